The van der Waals surface area contributed by atoms with Crippen LogP contribution in [-0.4, -0.2) is 22.5 Å². The fourth-order valence-electron chi connectivity index (χ4n) is 4.20. The predicted molar refractivity (Wildman–Crippen MR) is 132 cm³/mol. The summed E-state index contributed by atoms with van der Waals surface area (Å²) >= 11 is 9.70. The molecule has 3 nitrogen and oxygen atoms in total. The van der Waals surface area contributed by atoms with Crippen molar-refractivity contribution in [3.63, 3.8) is 0 Å². The maximum atomic E-state index is 11.1. The van der Waals surface area contributed by atoms with Crippen LogP contribution in [0.5, 0.6) is 0 Å². The number of benzene rings is 3. The van der Waals surface area contributed by atoms with Gasteiger partial charge in [0.25, 0.3) is 0 Å². The minimum absolute atomic E-state index is 0.344. The van der Waals surface area contributed by atoms with E-state index in [0.29, 0.717) is 10.3 Å². The monoisotopic (exact) mass is 468 g/mol. The van der Waals surface area contributed by atoms with E-state index in [1.165, 1.54) is 26.7 Å². The summed E-state index contributed by atoms with van der Waals surface area (Å²) in [5, 5.41) is 15.8. The quantitative estimate of drug-likeness (QED) is 0.308. The third-order valence-corrected chi connectivity index (χ3v) is 8.74. The van der Waals surface area contributed by atoms with Crippen LogP contribution in [0.15, 0.2) is 76.5 Å². The summed E-state index contributed by atoms with van der Waals surface area (Å²) in [6.45, 7) is 3.98. The van der Waals surface area contributed by atoms with Gasteiger partial charge in [0.1, 0.15) is 0 Å². The number of para-hydroxylation sites is 1. The minimum Gasteiger partial charge on any atom is -0.385 e. The highest BCUT2D eigenvalue weighted by molar-refractivity contribution is 7.99. The Bertz CT molecular complexity index is 1080. The SMILES string of the molecule is CC(SN1CCC(O)(c2ccc(Cl)cc2)CC1)c1ccc2c(c1)Nc1ccccc1S2. The van der Waals surface area contributed by atoms with Gasteiger partial charge in [0.15, 0.2) is 0 Å². The van der Waals surface area contributed by atoms with Gasteiger partial charge in [-0.05, 0) is 67.3 Å². The van der Waals surface area contributed by atoms with Crippen molar-refractivity contribution in [2.45, 2.75) is 40.4 Å². The normalized spacial score (nSPS) is 18.5. The summed E-state index contributed by atoms with van der Waals surface area (Å²) in [6.07, 6.45) is 1.46. The van der Waals surface area contributed by atoms with Crippen molar-refractivity contribution in [3.8, 4) is 0 Å². The highest BCUT2D eigenvalue weighted by atomic mass is 35.5. The zero-order chi connectivity index (χ0) is 21.4. The van der Waals surface area contributed by atoms with Crippen LogP contribution in [-0.2, 0) is 5.60 Å². The summed E-state index contributed by atoms with van der Waals surface area (Å²) in [5.74, 6) is 0. The van der Waals surface area contributed by atoms with Crippen LogP contribution >= 0.6 is 35.3 Å². The smallest absolute Gasteiger partial charge is 0.0921 e. The number of hydrogen-bond acceptors (Lipinski definition) is 5. The maximum Gasteiger partial charge on any atom is 0.0921 e. The number of halogens is 1. The highest BCUT2D eigenvalue weighted by Gasteiger charge is 2.34. The Kier molecular flexibility index (Phi) is 5.97. The molecule has 1 unspecified atom stereocenters. The van der Waals surface area contributed by atoms with Crippen LogP contribution in [0.1, 0.15) is 36.1 Å². The topological polar surface area (TPSA) is 35.5 Å². The lowest BCUT2D eigenvalue weighted by Gasteiger charge is -2.38. The molecule has 1 fully saturated rings. The van der Waals surface area contributed by atoms with E-state index in [2.05, 4.69) is 59.0 Å². The Morgan fingerprint density at radius 1 is 1.00 bits per heavy atom. The molecule has 1 atom stereocenters. The Morgan fingerprint density at radius 3 is 2.48 bits per heavy atom. The van der Waals surface area contributed by atoms with Crippen LogP contribution in [0, 0.1) is 0 Å². The standard InChI is InChI=1S/C25H25ClN2OS2/c1-17(18-6-11-24-22(16-18)27-21-4-2-3-5-23(21)30-24)31-28-14-12-25(29,13-15-28)19-7-9-20(26)10-8-19/h2-11,16-17,27,29H,12-15H2,1H3. The largest absolute Gasteiger partial charge is 0.385 e. The molecule has 0 bridgehead atoms. The number of nitrogens with one attached hydrogen (secondary N) is 1. The van der Waals surface area contributed by atoms with E-state index in [-0.39, 0.29) is 0 Å². The van der Waals surface area contributed by atoms with Crippen LogP contribution in [0.4, 0.5) is 11.4 Å². The summed E-state index contributed by atoms with van der Waals surface area (Å²) in [6, 6.07) is 22.8. The van der Waals surface area contributed by atoms with E-state index in [0.717, 1.165) is 31.5 Å². The molecule has 0 amide bonds. The van der Waals surface area contributed by atoms with Crippen LogP contribution < -0.4 is 5.32 Å². The number of anilines is 2. The van der Waals surface area contributed by atoms with E-state index >= 15 is 0 Å². The lowest BCUT2D eigenvalue weighted by atomic mass is 9.85. The fraction of sp³-hybridized carbons (Fsp3) is 0.280. The van der Waals surface area contributed by atoms with Crippen molar-refractivity contribution in [1.29, 1.82) is 0 Å². The molecule has 31 heavy (non-hydrogen) atoms. The van der Waals surface area contributed by atoms with Crippen molar-refractivity contribution in [3.05, 3.63) is 82.9 Å². The highest BCUT2D eigenvalue weighted by Crippen LogP contribution is 2.46. The second-order valence-electron chi connectivity index (χ2n) is 8.19. The van der Waals surface area contributed by atoms with Gasteiger partial charge in [-0.15, -0.1) is 0 Å². The number of nitrogens with zero attached hydrogens (tertiary/aromatic N) is 1. The minimum atomic E-state index is -0.759. The van der Waals surface area contributed by atoms with E-state index in [4.69, 9.17) is 11.6 Å². The Hall–Kier alpha value is -1.63. The molecule has 3 aromatic rings. The molecule has 0 aliphatic carbocycles. The van der Waals surface area contributed by atoms with Gasteiger partial charge in [0.05, 0.1) is 17.0 Å². The molecule has 2 heterocycles. The zero-order valence-corrected chi connectivity index (χ0v) is 19.7. The first-order chi connectivity index (χ1) is 15.0. The molecular weight excluding hydrogens is 444 g/mol. The molecule has 2 aliphatic heterocycles. The Balaban J connectivity index is 1.23. The van der Waals surface area contributed by atoms with Crippen LogP contribution in [0.25, 0.3) is 0 Å². The van der Waals surface area contributed by atoms with Gasteiger partial charge in [-0.25, -0.2) is 4.31 Å². The summed E-state index contributed by atoms with van der Waals surface area (Å²) in [5.41, 5.74) is 3.88. The molecular formula is C25H25ClN2OS2. The van der Waals surface area contributed by atoms with E-state index < -0.39 is 5.60 Å². The third kappa shape index (κ3) is 4.48. The third-order valence-electron chi connectivity index (χ3n) is 6.09. The fourth-order valence-corrected chi connectivity index (χ4v) is 6.41. The lowest BCUT2D eigenvalue weighted by molar-refractivity contribution is -0.00811. The summed E-state index contributed by atoms with van der Waals surface area (Å²) in [7, 11) is 0. The summed E-state index contributed by atoms with van der Waals surface area (Å²) < 4.78 is 2.39. The van der Waals surface area contributed by atoms with Gasteiger partial charge >= 0.3 is 0 Å². The zero-order valence-electron chi connectivity index (χ0n) is 17.3. The Morgan fingerprint density at radius 2 is 1.71 bits per heavy atom. The van der Waals surface area contributed by atoms with Gasteiger partial charge in [-0.2, -0.15) is 0 Å². The van der Waals surface area contributed by atoms with Gasteiger partial charge in [0, 0.05) is 33.2 Å². The molecule has 1 saturated heterocycles. The molecule has 2 N–H and O–H groups in total. The average molecular weight is 469 g/mol. The Labute approximate surface area is 197 Å². The van der Waals surface area contributed by atoms with E-state index in [1.807, 2.05) is 48.0 Å². The lowest BCUT2D eigenvalue weighted by Crippen LogP contribution is -2.39. The van der Waals surface area contributed by atoms with Crippen LogP contribution in [0.2, 0.25) is 5.02 Å². The van der Waals surface area contributed by atoms with Crippen molar-refractivity contribution in [1.82, 2.24) is 4.31 Å². The van der Waals surface area contributed by atoms with Crippen LogP contribution in [0.3, 0.4) is 0 Å². The number of fused-ring (bicyclic) bond motifs is 2. The molecule has 6 heteroatoms. The van der Waals surface area contributed by atoms with E-state index in [1.54, 1.807) is 0 Å². The molecule has 0 saturated carbocycles. The average Bonchev–Trinajstić information content (AvgIpc) is 2.79. The molecule has 0 radical (unpaired) electrons. The second kappa shape index (κ2) is 8.72. The molecule has 3 aromatic carbocycles. The molecule has 0 aromatic heterocycles. The second-order valence-corrected chi connectivity index (χ2v) is 11.1. The van der Waals surface area contributed by atoms with E-state index in [9.17, 15) is 5.11 Å². The number of piperidine rings is 1. The van der Waals surface area contributed by atoms with Gasteiger partial charge < -0.3 is 10.4 Å². The number of rotatable bonds is 4. The molecule has 2 aliphatic rings. The first-order valence-corrected chi connectivity index (χ1v) is 12.6. The van der Waals surface area contributed by atoms with Gasteiger partial charge in [-0.1, -0.05) is 65.6 Å². The predicted octanol–water partition coefficient (Wildman–Crippen LogP) is 7.24. The van der Waals surface area contributed by atoms with Gasteiger partial charge in [-0.3, -0.25) is 0 Å². The van der Waals surface area contributed by atoms with Gasteiger partial charge in [0.2, 0.25) is 0 Å². The summed E-state index contributed by atoms with van der Waals surface area (Å²) in [4.78, 5) is 2.54. The first kappa shape index (κ1) is 21.2. The van der Waals surface area contributed by atoms with Crippen molar-refractivity contribution >= 4 is 46.7 Å². The van der Waals surface area contributed by atoms with Crippen molar-refractivity contribution in [2.75, 3.05) is 18.4 Å². The first-order valence-electron chi connectivity index (χ1n) is 10.6. The van der Waals surface area contributed by atoms with Crippen molar-refractivity contribution in [2.24, 2.45) is 0 Å². The van der Waals surface area contributed by atoms with Crippen molar-refractivity contribution < 1.29 is 5.11 Å². The molecule has 0 spiro atoms. The maximum absolute atomic E-state index is 11.1. The number of hydrogen-bond donors (Lipinski definition) is 2. The molecule has 5 rings (SSSR count). The molecule has 160 valence electrons. The number of aliphatic hydroxyl groups is 1.